The van der Waals surface area contributed by atoms with E-state index in [1.807, 2.05) is 12.1 Å². The lowest BCUT2D eigenvalue weighted by Gasteiger charge is -2.33. The zero-order valence-corrected chi connectivity index (χ0v) is 10.3. The van der Waals surface area contributed by atoms with Crippen LogP contribution in [0.15, 0.2) is 35.0 Å². The van der Waals surface area contributed by atoms with E-state index < -0.39 is 0 Å². The molecule has 1 N–H and O–H groups in total. The second kappa shape index (κ2) is 4.04. The predicted octanol–water partition coefficient (Wildman–Crippen LogP) is 3.49. The fraction of sp³-hybridized carbons (Fsp3) is 0.231. The topological polar surface area (TPSA) is 15.3 Å². The Labute approximate surface area is 104 Å². The van der Waals surface area contributed by atoms with Gasteiger partial charge in [-0.05, 0) is 17.7 Å². The number of benzene rings is 1. The summed E-state index contributed by atoms with van der Waals surface area (Å²) in [6.45, 7) is 0.898. The monoisotopic (exact) mass is 248 g/mol. The Morgan fingerprint density at radius 3 is 2.82 bits per heavy atom. The molecule has 88 valence electrons. The van der Waals surface area contributed by atoms with Gasteiger partial charge in [0.05, 0.1) is 17.4 Å². The number of hydrogen-bond acceptors (Lipinski definition) is 3. The molecule has 2 aromatic rings. The quantitative estimate of drug-likeness (QED) is 0.831. The number of nitrogens with one attached hydrogen (secondary N) is 1. The number of nitrogens with zero attached hydrogens (tertiary/aromatic N) is 1. The largest absolute Gasteiger partial charge is 0.374 e. The third-order valence-corrected chi connectivity index (χ3v) is 3.84. The molecule has 2 heterocycles. The first-order chi connectivity index (χ1) is 8.24. The number of thiophene rings is 1. The number of halogens is 1. The molecule has 0 aliphatic carbocycles. The standard InChI is InChI=1S/C13H13FN2S/c1-16-6-11(9-2-4-10(14)5-3-9)15-12-7-17-8-13(12)16/h2-5,7-8,11,15H,6H2,1H3. The Hall–Kier alpha value is -1.55. The van der Waals surface area contributed by atoms with E-state index in [-0.39, 0.29) is 11.9 Å². The molecule has 2 nitrogen and oxygen atoms in total. The van der Waals surface area contributed by atoms with Crippen molar-refractivity contribution in [2.45, 2.75) is 6.04 Å². The molecule has 0 bridgehead atoms. The molecular weight excluding hydrogens is 235 g/mol. The number of anilines is 2. The summed E-state index contributed by atoms with van der Waals surface area (Å²) in [5, 5.41) is 7.74. The smallest absolute Gasteiger partial charge is 0.123 e. The Balaban J connectivity index is 1.90. The van der Waals surface area contributed by atoms with E-state index in [1.165, 1.54) is 17.8 Å². The number of fused-ring (bicyclic) bond motifs is 1. The molecule has 0 saturated heterocycles. The average molecular weight is 248 g/mol. The van der Waals surface area contributed by atoms with Crippen LogP contribution in [0.2, 0.25) is 0 Å². The molecule has 1 unspecified atom stereocenters. The normalized spacial score (nSPS) is 18.7. The molecular formula is C13H13FN2S. The van der Waals surface area contributed by atoms with Gasteiger partial charge in [-0.1, -0.05) is 12.1 Å². The highest BCUT2D eigenvalue weighted by Crippen LogP contribution is 2.37. The molecule has 0 amide bonds. The lowest BCUT2D eigenvalue weighted by Crippen LogP contribution is -2.32. The van der Waals surface area contributed by atoms with Crippen molar-refractivity contribution in [3.63, 3.8) is 0 Å². The molecule has 0 radical (unpaired) electrons. The minimum atomic E-state index is -0.186. The van der Waals surface area contributed by atoms with Crippen LogP contribution in [0.3, 0.4) is 0 Å². The maximum atomic E-state index is 12.9. The van der Waals surface area contributed by atoms with E-state index in [2.05, 4.69) is 28.0 Å². The summed E-state index contributed by atoms with van der Waals surface area (Å²) >= 11 is 1.69. The second-order valence-corrected chi connectivity index (χ2v) is 5.04. The lowest BCUT2D eigenvalue weighted by molar-refractivity contribution is 0.625. The minimum absolute atomic E-state index is 0.186. The molecule has 4 heteroatoms. The maximum Gasteiger partial charge on any atom is 0.123 e. The van der Waals surface area contributed by atoms with Crippen LogP contribution in [0.25, 0.3) is 0 Å². The van der Waals surface area contributed by atoms with Crippen LogP contribution in [-0.2, 0) is 0 Å². The molecule has 0 spiro atoms. The highest BCUT2D eigenvalue weighted by atomic mass is 32.1. The van der Waals surface area contributed by atoms with Crippen molar-refractivity contribution >= 4 is 22.7 Å². The predicted molar refractivity (Wildman–Crippen MR) is 70.4 cm³/mol. The van der Waals surface area contributed by atoms with Gasteiger partial charge in [0, 0.05) is 24.4 Å². The third kappa shape index (κ3) is 1.89. The van der Waals surface area contributed by atoms with Crippen LogP contribution in [-0.4, -0.2) is 13.6 Å². The van der Waals surface area contributed by atoms with Crippen molar-refractivity contribution in [3.8, 4) is 0 Å². The first-order valence-corrected chi connectivity index (χ1v) is 6.47. The molecule has 0 saturated carbocycles. The molecule has 1 aliphatic heterocycles. The van der Waals surface area contributed by atoms with Crippen LogP contribution in [0, 0.1) is 5.82 Å². The SMILES string of the molecule is CN1CC(c2ccc(F)cc2)Nc2cscc21. The Kier molecular flexibility index (Phi) is 2.52. The zero-order valence-electron chi connectivity index (χ0n) is 9.48. The summed E-state index contributed by atoms with van der Waals surface area (Å²) in [6.07, 6.45) is 0. The summed E-state index contributed by atoms with van der Waals surface area (Å²) in [7, 11) is 2.09. The molecule has 0 fully saturated rings. The van der Waals surface area contributed by atoms with Crippen LogP contribution < -0.4 is 10.2 Å². The van der Waals surface area contributed by atoms with E-state index in [0.717, 1.165) is 17.8 Å². The Bertz CT molecular complexity index is 520. The van der Waals surface area contributed by atoms with Gasteiger partial charge >= 0.3 is 0 Å². The number of rotatable bonds is 1. The van der Waals surface area contributed by atoms with Crippen molar-refractivity contribution in [2.24, 2.45) is 0 Å². The molecule has 1 aromatic heterocycles. The summed E-state index contributed by atoms with van der Waals surface area (Å²) < 4.78 is 12.9. The van der Waals surface area contributed by atoms with Gasteiger partial charge in [0.2, 0.25) is 0 Å². The van der Waals surface area contributed by atoms with Gasteiger partial charge in [-0.2, -0.15) is 0 Å². The van der Waals surface area contributed by atoms with Crippen LogP contribution in [0.1, 0.15) is 11.6 Å². The number of likely N-dealkylation sites (N-methyl/N-ethyl adjacent to an activating group) is 1. The van der Waals surface area contributed by atoms with Crippen LogP contribution in [0.4, 0.5) is 15.8 Å². The Morgan fingerprint density at radius 1 is 1.29 bits per heavy atom. The summed E-state index contributed by atoms with van der Waals surface area (Å²) in [5.41, 5.74) is 3.53. The third-order valence-electron chi connectivity index (χ3n) is 3.11. The lowest BCUT2D eigenvalue weighted by atomic mass is 10.0. The fourth-order valence-electron chi connectivity index (χ4n) is 2.18. The Morgan fingerprint density at radius 2 is 2.06 bits per heavy atom. The molecule has 3 rings (SSSR count). The molecule has 1 aromatic carbocycles. The van der Waals surface area contributed by atoms with Crippen molar-refractivity contribution in [3.05, 3.63) is 46.4 Å². The molecule has 1 atom stereocenters. The highest BCUT2D eigenvalue weighted by Gasteiger charge is 2.23. The van der Waals surface area contributed by atoms with Crippen molar-refractivity contribution in [2.75, 3.05) is 23.8 Å². The highest BCUT2D eigenvalue weighted by molar-refractivity contribution is 7.09. The minimum Gasteiger partial charge on any atom is -0.374 e. The van der Waals surface area contributed by atoms with Crippen molar-refractivity contribution in [1.29, 1.82) is 0 Å². The molecule has 17 heavy (non-hydrogen) atoms. The van der Waals surface area contributed by atoms with Gasteiger partial charge in [-0.15, -0.1) is 11.3 Å². The maximum absolute atomic E-state index is 12.9. The van der Waals surface area contributed by atoms with Crippen molar-refractivity contribution < 1.29 is 4.39 Å². The first-order valence-electron chi connectivity index (χ1n) is 5.53. The van der Waals surface area contributed by atoms with Gasteiger partial charge in [0.15, 0.2) is 0 Å². The first kappa shape index (κ1) is 10.6. The van der Waals surface area contributed by atoms with E-state index in [9.17, 15) is 4.39 Å². The van der Waals surface area contributed by atoms with E-state index in [4.69, 9.17) is 0 Å². The zero-order chi connectivity index (χ0) is 11.8. The fourth-order valence-corrected chi connectivity index (χ4v) is 3.01. The van der Waals surface area contributed by atoms with E-state index >= 15 is 0 Å². The van der Waals surface area contributed by atoms with Crippen molar-refractivity contribution in [1.82, 2.24) is 0 Å². The van der Waals surface area contributed by atoms with Gasteiger partial charge < -0.3 is 10.2 Å². The van der Waals surface area contributed by atoms with Gasteiger partial charge in [0.1, 0.15) is 5.82 Å². The van der Waals surface area contributed by atoms with Gasteiger partial charge in [-0.3, -0.25) is 0 Å². The van der Waals surface area contributed by atoms with Gasteiger partial charge in [0.25, 0.3) is 0 Å². The summed E-state index contributed by atoms with van der Waals surface area (Å²) in [4.78, 5) is 2.23. The summed E-state index contributed by atoms with van der Waals surface area (Å²) in [6, 6.07) is 6.94. The van der Waals surface area contributed by atoms with E-state index in [1.54, 1.807) is 11.3 Å². The number of hydrogen-bond donors (Lipinski definition) is 1. The van der Waals surface area contributed by atoms with Gasteiger partial charge in [-0.25, -0.2) is 4.39 Å². The van der Waals surface area contributed by atoms with E-state index in [0.29, 0.717) is 0 Å². The van der Waals surface area contributed by atoms with Crippen LogP contribution in [0.5, 0.6) is 0 Å². The van der Waals surface area contributed by atoms with Crippen LogP contribution >= 0.6 is 11.3 Å². The molecule has 1 aliphatic rings. The average Bonchev–Trinajstić information content (AvgIpc) is 2.78. The second-order valence-electron chi connectivity index (χ2n) is 4.30. The summed E-state index contributed by atoms with van der Waals surface area (Å²) in [5.74, 6) is -0.186.